The largest absolute Gasteiger partial charge is 0.455 e. The van der Waals surface area contributed by atoms with Gasteiger partial charge in [-0.25, -0.2) is 0 Å². The highest BCUT2D eigenvalue weighted by Crippen LogP contribution is 2.50. The molecule has 8 heteroatoms. The molecule has 0 radical (unpaired) electrons. The number of benzene rings is 1. The van der Waals surface area contributed by atoms with E-state index < -0.39 is 5.92 Å². The van der Waals surface area contributed by atoms with Crippen LogP contribution in [0.4, 0.5) is 5.69 Å². The van der Waals surface area contributed by atoms with Crippen molar-refractivity contribution >= 4 is 46.4 Å². The molecule has 0 spiro atoms. The summed E-state index contributed by atoms with van der Waals surface area (Å²) in [6, 6.07) is 9.43. The number of aryl methyl sites for hydroxylation is 1. The zero-order valence-corrected chi connectivity index (χ0v) is 19.5. The Bertz CT molecular complexity index is 1180. The van der Waals surface area contributed by atoms with Crippen molar-refractivity contribution in [3.05, 3.63) is 68.3 Å². The van der Waals surface area contributed by atoms with Gasteiger partial charge in [0, 0.05) is 23.3 Å². The molecule has 0 saturated carbocycles. The summed E-state index contributed by atoms with van der Waals surface area (Å²) in [4.78, 5) is 15.0. The Morgan fingerprint density at radius 1 is 1.35 bits per heavy atom. The summed E-state index contributed by atoms with van der Waals surface area (Å²) < 4.78 is 5.90. The number of thioether (sulfide) groups is 1. The average molecular weight is 474 g/mol. The molecule has 4 rings (SSSR count). The van der Waals surface area contributed by atoms with E-state index in [-0.39, 0.29) is 11.6 Å². The van der Waals surface area contributed by atoms with Crippen molar-refractivity contribution in [2.24, 2.45) is 5.73 Å². The first-order valence-corrected chi connectivity index (χ1v) is 11.8. The summed E-state index contributed by atoms with van der Waals surface area (Å²) in [6.07, 6.45) is 1.78. The van der Waals surface area contributed by atoms with Gasteiger partial charge in [-0.15, -0.1) is 0 Å². The van der Waals surface area contributed by atoms with Gasteiger partial charge >= 0.3 is 0 Å². The molecule has 0 saturated heterocycles. The second kappa shape index (κ2) is 8.66. The second-order valence-electron chi connectivity index (χ2n) is 7.42. The third kappa shape index (κ3) is 3.65. The first kappa shape index (κ1) is 21.9. The Labute approximate surface area is 195 Å². The van der Waals surface area contributed by atoms with Crippen molar-refractivity contribution in [3.63, 3.8) is 0 Å². The van der Waals surface area contributed by atoms with Crippen LogP contribution < -0.4 is 10.6 Å². The maximum atomic E-state index is 13.2. The maximum Gasteiger partial charge on any atom is 0.164 e. The van der Waals surface area contributed by atoms with Crippen LogP contribution in [0.15, 0.2) is 56.4 Å². The number of anilines is 1. The van der Waals surface area contributed by atoms with E-state index in [0.717, 1.165) is 22.8 Å². The number of hydrogen-bond donors (Lipinski definition) is 1. The van der Waals surface area contributed by atoms with Crippen molar-refractivity contribution in [1.29, 1.82) is 5.26 Å². The number of rotatable bonds is 4. The highest BCUT2D eigenvalue weighted by atomic mass is 35.5. The molecule has 1 atom stereocenters. The summed E-state index contributed by atoms with van der Waals surface area (Å²) in [5, 5.41) is 11.6. The van der Waals surface area contributed by atoms with Gasteiger partial charge in [0.05, 0.1) is 33.3 Å². The van der Waals surface area contributed by atoms with Crippen molar-refractivity contribution < 1.29 is 9.21 Å². The number of nitriles is 1. The lowest BCUT2D eigenvalue weighted by Gasteiger charge is -2.39. The van der Waals surface area contributed by atoms with E-state index in [4.69, 9.17) is 33.4 Å². The molecule has 1 aromatic carbocycles. The first-order valence-electron chi connectivity index (χ1n) is 10.0. The van der Waals surface area contributed by atoms with Crippen molar-refractivity contribution in [2.75, 3.05) is 10.7 Å². The van der Waals surface area contributed by atoms with E-state index in [9.17, 15) is 10.1 Å². The van der Waals surface area contributed by atoms with Gasteiger partial charge in [0.2, 0.25) is 0 Å². The highest BCUT2D eigenvalue weighted by molar-refractivity contribution is 7.99. The van der Waals surface area contributed by atoms with Crippen LogP contribution in [0.5, 0.6) is 0 Å². The number of carbonyl (C=O) groups is 1. The fourth-order valence-corrected chi connectivity index (χ4v) is 5.47. The Kier molecular flexibility index (Phi) is 6.11. The molecule has 2 aromatic rings. The molecule has 1 aliphatic heterocycles. The lowest BCUT2D eigenvalue weighted by Crippen LogP contribution is -2.38. The highest BCUT2D eigenvalue weighted by Gasteiger charge is 2.42. The van der Waals surface area contributed by atoms with Crippen LogP contribution in [-0.2, 0) is 4.79 Å². The Balaban J connectivity index is 2.00. The summed E-state index contributed by atoms with van der Waals surface area (Å²) in [5.41, 5.74) is 9.63. The van der Waals surface area contributed by atoms with E-state index in [0.29, 0.717) is 51.2 Å². The van der Waals surface area contributed by atoms with Gasteiger partial charge in [0.15, 0.2) is 10.9 Å². The molecule has 2 heterocycles. The van der Waals surface area contributed by atoms with Gasteiger partial charge in [-0.3, -0.25) is 9.69 Å². The van der Waals surface area contributed by atoms with E-state index >= 15 is 0 Å². The second-order valence-corrected chi connectivity index (χ2v) is 9.44. The topological polar surface area (TPSA) is 83.3 Å². The molecule has 31 heavy (non-hydrogen) atoms. The molecule has 1 unspecified atom stereocenters. The predicted octanol–water partition coefficient (Wildman–Crippen LogP) is 6.31. The predicted molar refractivity (Wildman–Crippen MR) is 124 cm³/mol. The smallest absolute Gasteiger partial charge is 0.164 e. The minimum atomic E-state index is -0.562. The number of nitrogens with two attached hydrogens (primary N) is 1. The summed E-state index contributed by atoms with van der Waals surface area (Å²) in [5.74, 6) is 1.25. The third-order valence-electron chi connectivity index (χ3n) is 5.52. The van der Waals surface area contributed by atoms with Gasteiger partial charge in [0.25, 0.3) is 0 Å². The molecular formula is C23H21Cl2N3O2S. The number of Topliss-reactive ketones (excluding diaryl/α,β-unsaturated/α-hetero) is 1. The lowest BCUT2D eigenvalue weighted by atomic mass is 9.76. The first-order chi connectivity index (χ1) is 14.9. The minimum Gasteiger partial charge on any atom is -0.455 e. The molecule has 1 aromatic heterocycles. The molecular weight excluding hydrogens is 453 g/mol. The molecule has 2 aliphatic rings. The third-order valence-corrected chi connectivity index (χ3v) is 7.20. The fourth-order valence-electron chi connectivity index (χ4n) is 4.30. The van der Waals surface area contributed by atoms with E-state index in [2.05, 4.69) is 6.07 Å². The van der Waals surface area contributed by atoms with Crippen LogP contribution in [-0.4, -0.2) is 11.5 Å². The fraction of sp³-hybridized carbons (Fsp3) is 0.304. The van der Waals surface area contributed by atoms with Gasteiger partial charge in [-0.1, -0.05) is 48.0 Å². The molecule has 5 nitrogen and oxygen atoms in total. The molecule has 2 N–H and O–H groups in total. The van der Waals surface area contributed by atoms with Crippen LogP contribution in [0.2, 0.25) is 10.0 Å². The quantitative estimate of drug-likeness (QED) is 0.523. The van der Waals surface area contributed by atoms with Crippen LogP contribution >= 0.6 is 35.0 Å². The number of halogens is 2. The van der Waals surface area contributed by atoms with Crippen molar-refractivity contribution in [3.8, 4) is 6.07 Å². The summed E-state index contributed by atoms with van der Waals surface area (Å²) >= 11 is 14.3. The number of allylic oxidation sites excluding steroid dienone is 3. The zero-order valence-electron chi connectivity index (χ0n) is 17.2. The van der Waals surface area contributed by atoms with Gasteiger partial charge < -0.3 is 10.2 Å². The normalized spacial score (nSPS) is 19.0. The standard InChI is InChI=1S/C23H21Cl2N3O2S/c1-3-31-23-13(10-12(2)30-23)19-14(11-26)22(27)28(16-7-5-9-18(29)20(16)19)17-8-4-6-15(24)21(17)25/h4,6,8,10,19H,3,5,7,9,27H2,1-2H3. The van der Waals surface area contributed by atoms with Crippen molar-refractivity contribution in [2.45, 2.75) is 44.1 Å². The van der Waals surface area contributed by atoms with E-state index in [1.807, 2.05) is 19.9 Å². The number of carbonyl (C=O) groups excluding carboxylic acids is 1. The molecule has 0 amide bonds. The number of furan rings is 1. The monoisotopic (exact) mass is 473 g/mol. The number of ketones is 1. The van der Waals surface area contributed by atoms with Crippen LogP contribution in [0, 0.1) is 18.3 Å². The Morgan fingerprint density at radius 3 is 2.84 bits per heavy atom. The maximum absolute atomic E-state index is 13.2. The van der Waals surface area contributed by atoms with Gasteiger partial charge in [0.1, 0.15) is 11.6 Å². The van der Waals surface area contributed by atoms with Gasteiger partial charge in [-0.2, -0.15) is 5.26 Å². The lowest BCUT2D eigenvalue weighted by molar-refractivity contribution is -0.116. The zero-order chi connectivity index (χ0) is 22.3. The molecule has 0 fully saturated rings. The number of nitrogens with zero attached hydrogens (tertiary/aromatic N) is 2. The van der Waals surface area contributed by atoms with Crippen LogP contribution in [0.3, 0.4) is 0 Å². The average Bonchev–Trinajstić information content (AvgIpc) is 3.10. The molecule has 1 aliphatic carbocycles. The summed E-state index contributed by atoms with van der Waals surface area (Å²) in [7, 11) is 0. The molecule has 160 valence electrons. The van der Waals surface area contributed by atoms with Gasteiger partial charge in [-0.05, 0) is 43.7 Å². The van der Waals surface area contributed by atoms with E-state index in [1.165, 1.54) is 0 Å². The van der Waals surface area contributed by atoms with E-state index in [1.54, 1.807) is 34.9 Å². The summed E-state index contributed by atoms with van der Waals surface area (Å²) in [6.45, 7) is 3.89. The Hall–Kier alpha value is -2.33. The Morgan fingerprint density at radius 2 is 2.13 bits per heavy atom. The van der Waals surface area contributed by atoms with Crippen LogP contribution in [0.1, 0.15) is 43.4 Å². The number of hydrogen-bond acceptors (Lipinski definition) is 6. The molecule has 0 bridgehead atoms. The van der Waals surface area contributed by atoms with Crippen LogP contribution in [0.25, 0.3) is 0 Å². The SMILES string of the molecule is CCSc1oc(C)cc1C1C(C#N)=C(N)N(c2cccc(Cl)c2Cl)C2=C1C(=O)CCC2. The minimum absolute atomic E-state index is 0.0148. The van der Waals surface area contributed by atoms with Crippen molar-refractivity contribution in [1.82, 2.24) is 0 Å².